The van der Waals surface area contributed by atoms with E-state index < -0.39 is 0 Å². The van der Waals surface area contributed by atoms with Gasteiger partial charge in [0.2, 0.25) is 0 Å². The van der Waals surface area contributed by atoms with Crippen molar-refractivity contribution >= 4 is 0 Å². The molecule has 0 radical (unpaired) electrons. The predicted molar refractivity (Wildman–Crippen MR) is 91.1 cm³/mol. The average molecular weight is 282 g/mol. The molecule has 0 heterocycles. The average Bonchev–Trinajstić information content (AvgIpc) is 2.41. The molecule has 0 aromatic carbocycles. The molecule has 0 aliphatic heterocycles. The van der Waals surface area contributed by atoms with Crippen LogP contribution in [0.5, 0.6) is 0 Å². The first-order valence-corrected chi connectivity index (χ1v) is 9.19. The third-order valence-corrected chi connectivity index (χ3v) is 5.45. The Kier molecular flexibility index (Phi) is 8.17. The molecule has 1 fully saturated rings. The monoisotopic (exact) mass is 281 g/mol. The first-order valence-electron chi connectivity index (χ1n) is 9.19. The van der Waals surface area contributed by atoms with Crippen LogP contribution in [0.25, 0.3) is 0 Å². The lowest BCUT2D eigenvalue weighted by molar-refractivity contribution is 0.0912. The fraction of sp³-hybridized carbons (Fsp3) is 1.00. The van der Waals surface area contributed by atoms with E-state index in [1.54, 1.807) is 0 Å². The summed E-state index contributed by atoms with van der Waals surface area (Å²) in [6, 6.07) is 0. The molecular weight excluding hydrogens is 242 g/mol. The maximum Gasteiger partial charge on any atom is -0.00180 e. The molecule has 120 valence electrons. The summed E-state index contributed by atoms with van der Waals surface area (Å²) in [5.74, 6) is 2.86. The van der Waals surface area contributed by atoms with Crippen molar-refractivity contribution in [1.82, 2.24) is 5.32 Å². The van der Waals surface area contributed by atoms with Gasteiger partial charge in [0, 0.05) is 0 Å². The van der Waals surface area contributed by atoms with E-state index in [0.29, 0.717) is 5.41 Å². The molecule has 1 N–H and O–H groups in total. The molecular formula is C19H39N. The highest BCUT2D eigenvalue weighted by atomic mass is 14.8. The fourth-order valence-corrected chi connectivity index (χ4v) is 3.90. The van der Waals surface area contributed by atoms with Crippen molar-refractivity contribution in [1.29, 1.82) is 0 Å². The zero-order valence-electron chi connectivity index (χ0n) is 14.8. The van der Waals surface area contributed by atoms with Gasteiger partial charge in [-0.1, -0.05) is 66.7 Å². The van der Waals surface area contributed by atoms with Crippen molar-refractivity contribution in [2.24, 2.45) is 23.2 Å². The third kappa shape index (κ3) is 6.16. The largest absolute Gasteiger partial charge is 0.317 e. The molecule has 3 atom stereocenters. The number of nitrogens with one attached hydrogen (secondary N) is 1. The van der Waals surface area contributed by atoms with Crippen LogP contribution >= 0.6 is 0 Å². The summed E-state index contributed by atoms with van der Waals surface area (Å²) >= 11 is 0. The molecule has 1 heteroatoms. The van der Waals surface area contributed by atoms with Crippen molar-refractivity contribution < 1.29 is 0 Å². The van der Waals surface area contributed by atoms with Gasteiger partial charge in [0.05, 0.1) is 0 Å². The second-order valence-corrected chi connectivity index (χ2v) is 8.05. The Bertz CT molecular complexity index is 241. The van der Waals surface area contributed by atoms with Gasteiger partial charge < -0.3 is 5.32 Å². The Morgan fingerprint density at radius 3 is 2.30 bits per heavy atom. The van der Waals surface area contributed by atoms with Crippen molar-refractivity contribution in [2.75, 3.05) is 13.1 Å². The summed E-state index contributed by atoms with van der Waals surface area (Å²) in [5, 5.41) is 3.60. The van der Waals surface area contributed by atoms with E-state index in [2.05, 4.69) is 39.9 Å². The lowest BCUT2D eigenvalue weighted by Gasteiger charge is -2.42. The predicted octanol–water partition coefficient (Wildman–Crippen LogP) is 5.64. The van der Waals surface area contributed by atoms with Gasteiger partial charge in [-0.05, 0) is 55.5 Å². The highest BCUT2D eigenvalue weighted by Crippen LogP contribution is 2.44. The van der Waals surface area contributed by atoms with Crippen LogP contribution in [-0.4, -0.2) is 13.1 Å². The minimum atomic E-state index is 0.505. The molecule has 1 aliphatic rings. The standard InChI is InChI=1S/C19H39N/c1-6-8-9-10-11-16-14-18(19(3,4)5)13-12-17(16)15-20-7-2/h16-18,20H,6-15H2,1-5H3. The van der Waals surface area contributed by atoms with Crippen molar-refractivity contribution in [3.8, 4) is 0 Å². The highest BCUT2D eigenvalue weighted by Gasteiger charge is 2.35. The molecule has 0 amide bonds. The van der Waals surface area contributed by atoms with Gasteiger partial charge in [-0.3, -0.25) is 0 Å². The SMILES string of the molecule is CCCCCCC1CC(C(C)(C)C)CCC1CNCC. The zero-order valence-corrected chi connectivity index (χ0v) is 14.8. The summed E-state index contributed by atoms with van der Waals surface area (Å²) < 4.78 is 0. The summed E-state index contributed by atoms with van der Waals surface area (Å²) in [5.41, 5.74) is 0.505. The Morgan fingerprint density at radius 2 is 1.70 bits per heavy atom. The summed E-state index contributed by atoms with van der Waals surface area (Å²) in [7, 11) is 0. The van der Waals surface area contributed by atoms with Gasteiger partial charge in [0.15, 0.2) is 0 Å². The lowest BCUT2D eigenvalue weighted by Crippen LogP contribution is -2.36. The zero-order chi connectivity index (χ0) is 15.0. The molecule has 1 rings (SSSR count). The molecule has 0 saturated heterocycles. The number of unbranched alkanes of at least 4 members (excludes halogenated alkanes) is 3. The van der Waals surface area contributed by atoms with Gasteiger partial charge >= 0.3 is 0 Å². The molecule has 1 nitrogen and oxygen atoms in total. The Hall–Kier alpha value is -0.0400. The van der Waals surface area contributed by atoms with Gasteiger partial charge in [-0.25, -0.2) is 0 Å². The van der Waals surface area contributed by atoms with Crippen LogP contribution in [0.3, 0.4) is 0 Å². The van der Waals surface area contributed by atoms with Crippen LogP contribution in [0, 0.1) is 23.2 Å². The summed E-state index contributed by atoms with van der Waals surface area (Å²) in [4.78, 5) is 0. The minimum Gasteiger partial charge on any atom is -0.317 e. The summed E-state index contributed by atoms with van der Waals surface area (Å²) in [6.45, 7) is 14.2. The normalized spacial score (nSPS) is 27.8. The first-order chi connectivity index (χ1) is 9.49. The van der Waals surface area contributed by atoms with E-state index in [4.69, 9.17) is 0 Å². The van der Waals surface area contributed by atoms with Crippen molar-refractivity contribution in [3.05, 3.63) is 0 Å². The van der Waals surface area contributed by atoms with E-state index >= 15 is 0 Å². The Morgan fingerprint density at radius 1 is 0.950 bits per heavy atom. The van der Waals surface area contributed by atoms with Crippen LogP contribution in [0.2, 0.25) is 0 Å². The van der Waals surface area contributed by atoms with Gasteiger partial charge in [-0.2, -0.15) is 0 Å². The second-order valence-electron chi connectivity index (χ2n) is 8.05. The molecule has 1 saturated carbocycles. The Labute approximate surface area is 128 Å². The number of hydrogen-bond acceptors (Lipinski definition) is 1. The van der Waals surface area contributed by atoms with Crippen LogP contribution in [-0.2, 0) is 0 Å². The number of hydrogen-bond donors (Lipinski definition) is 1. The van der Waals surface area contributed by atoms with Gasteiger partial charge in [-0.15, -0.1) is 0 Å². The molecule has 1 aliphatic carbocycles. The minimum absolute atomic E-state index is 0.505. The maximum absolute atomic E-state index is 3.60. The molecule has 0 spiro atoms. The number of rotatable bonds is 8. The lowest BCUT2D eigenvalue weighted by atomic mass is 9.64. The van der Waals surface area contributed by atoms with Crippen LogP contribution in [0.15, 0.2) is 0 Å². The van der Waals surface area contributed by atoms with E-state index in [9.17, 15) is 0 Å². The van der Waals surface area contributed by atoms with E-state index in [0.717, 1.165) is 24.3 Å². The smallest absolute Gasteiger partial charge is 0.00180 e. The second kappa shape index (κ2) is 9.07. The highest BCUT2D eigenvalue weighted by molar-refractivity contribution is 4.86. The Balaban J connectivity index is 2.49. The van der Waals surface area contributed by atoms with Crippen molar-refractivity contribution in [3.63, 3.8) is 0 Å². The molecule has 0 aromatic rings. The molecule has 3 unspecified atom stereocenters. The molecule has 20 heavy (non-hydrogen) atoms. The molecule has 0 bridgehead atoms. The fourth-order valence-electron chi connectivity index (χ4n) is 3.90. The van der Waals surface area contributed by atoms with Crippen LogP contribution in [0.1, 0.15) is 86.0 Å². The van der Waals surface area contributed by atoms with E-state index in [1.165, 1.54) is 57.9 Å². The van der Waals surface area contributed by atoms with Crippen molar-refractivity contribution in [2.45, 2.75) is 86.0 Å². The van der Waals surface area contributed by atoms with Gasteiger partial charge in [0.25, 0.3) is 0 Å². The maximum atomic E-state index is 3.60. The van der Waals surface area contributed by atoms with Gasteiger partial charge in [0.1, 0.15) is 0 Å². The third-order valence-electron chi connectivity index (χ3n) is 5.45. The van der Waals surface area contributed by atoms with E-state index in [-0.39, 0.29) is 0 Å². The molecule has 0 aromatic heterocycles. The quantitative estimate of drug-likeness (QED) is 0.567. The summed E-state index contributed by atoms with van der Waals surface area (Å²) in [6.07, 6.45) is 11.5. The van der Waals surface area contributed by atoms with E-state index in [1.807, 2.05) is 0 Å². The topological polar surface area (TPSA) is 12.0 Å². The first kappa shape index (κ1) is 18.0. The van der Waals surface area contributed by atoms with Crippen LogP contribution < -0.4 is 5.32 Å². The van der Waals surface area contributed by atoms with Crippen LogP contribution in [0.4, 0.5) is 0 Å².